The van der Waals surface area contributed by atoms with Crippen molar-refractivity contribution in [2.75, 3.05) is 14.1 Å². The van der Waals surface area contributed by atoms with E-state index in [1.54, 1.807) is 41.8 Å². The van der Waals surface area contributed by atoms with Gasteiger partial charge in [0.05, 0.1) is 0 Å². The van der Waals surface area contributed by atoms with Crippen LogP contribution < -0.4 is 4.73 Å². The van der Waals surface area contributed by atoms with Crippen LogP contribution in [0.3, 0.4) is 0 Å². The zero-order valence-electron chi connectivity index (χ0n) is 20.0. The second-order valence-electron chi connectivity index (χ2n) is 8.73. The number of benzene rings is 2. The second-order valence-corrected chi connectivity index (χ2v) is 8.73. The first-order chi connectivity index (χ1) is 17.0. The Morgan fingerprint density at radius 2 is 1.47 bits per heavy atom. The van der Waals surface area contributed by atoms with E-state index in [0.717, 1.165) is 19.7 Å². The van der Waals surface area contributed by atoms with Crippen molar-refractivity contribution < 1.29 is 32.3 Å². The van der Waals surface area contributed by atoms with Gasteiger partial charge in [0.25, 0.3) is 5.82 Å². The molecule has 0 bridgehead atoms. The molecule has 1 aliphatic rings. The highest BCUT2D eigenvalue weighted by Gasteiger charge is 2.51. The number of halogens is 3. The monoisotopic (exact) mass is 500 g/mol. The summed E-state index contributed by atoms with van der Waals surface area (Å²) < 4.78 is 44.6. The van der Waals surface area contributed by atoms with E-state index in [2.05, 4.69) is 0 Å². The molecule has 2 heterocycles. The maximum atomic E-state index is 14.4. The third-order valence-corrected chi connectivity index (χ3v) is 6.65. The van der Waals surface area contributed by atoms with Crippen LogP contribution in [0.1, 0.15) is 34.3 Å². The minimum absolute atomic E-state index is 0.139. The molecule has 0 aliphatic carbocycles. The number of carbonyl (C=O) groups excluding carboxylic acids is 3. The Labute approximate surface area is 204 Å². The number of urea groups is 1. The Morgan fingerprint density at radius 1 is 0.944 bits per heavy atom. The molecule has 1 aromatic heterocycles. The van der Waals surface area contributed by atoms with Crippen LogP contribution in [0.15, 0.2) is 42.5 Å². The van der Waals surface area contributed by atoms with Crippen molar-refractivity contribution in [3.63, 3.8) is 0 Å². The van der Waals surface area contributed by atoms with E-state index in [0.29, 0.717) is 32.4 Å². The highest BCUT2D eigenvalue weighted by molar-refractivity contribution is 6.16. The number of imidazole rings is 1. The van der Waals surface area contributed by atoms with Crippen molar-refractivity contribution in [3.8, 4) is 0 Å². The summed E-state index contributed by atoms with van der Waals surface area (Å²) in [5.74, 6) is -10.1. The molecule has 188 valence electrons. The molecular weight excluding hydrogens is 477 g/mol. The highest BCUT2D eigenvalue weighted by atomic mass is 19.2. The van der Waals surface area contributed by atoms with Crippen molar-refractivity contribution in [2.45, 2.75) is 26.3 Å². The van der Waals surface area contributed by atoms with E-state index in [1.165, 1.54) is 6.92 Å². The summed E-state index contributed by atoms with van der Waals surface area (Å²) in [6.45, 7) is 3.33. The van der Waals surface area contributed by atoms with Crippen LogP contribution >= 0.6 is 0 Å². The number of hydrogen-bond acceptors (Lipinski definition) is 4. The first kappa shape index (κ1) is 25.0. The van der Waals surface area contributed by atoms with Gasteiger partial charge in [-0.15, -0.1) is 0 Å². The Hall–Kier alpha value is -4.15. The van der Waals surface area contributed by atoms with Crippen molar-refractivity contribution in [3.05, 3.63) is 93.5 Å². The van der Waals surface area contributed by atoms with E-state index in [1.807, 2.05) is 0 Å². The number of carbonyl (C=O) groups is 3. The molecule has 0 N–H and O–H groups in total. The Bertz CT molecular complexity index is 1340. The second kappa shape index (κ2) is 9.14. The van der Waals surface area contributed by atoms with Gasteiger partial charge < -0.3 is 5.21 Å². The molecule has 2 aromatic carbocycles. The zero-order valence-corrected chi connectivity index (χ0v) is 20.0. The summed E-state index contributed by atoms with van der Waals surface area (Å²) in [4.78, 5) is 40.3. The van der Waals surface area contributed by atoms with Crippen LogP contribution in [-0.2, 0) is 16.1 Å². The van der Waals surface area contributed by atoms with Crippen LogP contribution in [0.25, 0.3) is 0 Å². The lowest BCUT2D eigenvalue weighted by Crippen LogP contribution is -2.59. The predicted molar refractivity (Wildman–Crippen MR) is 121 cm³/mol. The van der Waals surface area contributed by atoms with E-state index in [4.69, 9.17) is 0 Å². The standard InChI is InChI=1S/C25H23F3N4O4/c1-13-14(2)32(36)22(31(13)12-15-8-6-5-7-9-15)19(16-10-17(26)21(28)18(27)11-16)20-23(33)29(3)25(35)30(4)24(20)34/h5-11,19-20H,12H2,1-4H3. The van der Waals surface area contributed by atoms with Crippen LogP contribution in [0, 0.1) is 42.4 Å². The van der Waals surface area contributed by atoms with E-state index in [9.17, 15) is 32.8 Å². The molecule has 1 saturated heterocycles. The van der Waals surface area contributed by atoms with Gasteiger partial charge in [0.1, 0.15) is 29.8 Å². The molecule has 4 amide bonds. The first-order valence-corrected chi connectivity index (χ1v) is 11.0. The number of amides is 4. The number of aromatic nitrogens is 2. The molecule has 1 unspecified atom stereocenters. The molecule has 36 heavy (non-hydrogen) atoms. The van der Waals surface area contributed by atoms with E-state index < -0.39 is 47.1 Å². The van der Waals surface area contributed by atoms with Gasteiger partial charge in [0, 0.05) is 27.9 Å². The molecule has 0 spiro atoms. The molecule has 1 fully saturated rings. The molecule has 4 rings (SSSR count). The summed E-state index contributed by atoms with van der Waals surface area (Å²) in [5.41, 5.74) is 1.21. The number of imide groups is 2. The van der Waals surface area contributed by atoms with Gasteiger partial charge in [-0.3, -0.25) is 19.4 Å². The normalized spacial score (nSPS) is 15.7. The third-order valence-electron chi connectivity index (χ3n) is 6.65. The van der Waals surface area contributed by atoms with E-state index in [-0.39, 0.29) is 23.6 Å². The van der Waals surface area contributed by atoms with Crippen molar-refractivity contribution in [2.24, 2.45) is 5.92 Å². The number of nitrogens with zero attached hydrogens (tertiary/aromatic N) is 4. The lowest BCUT2D eigenvalue weighted by atomic mass is 9.82. The summed E-state index contributed by atoms with van der Waals surface area (Å²) in [7, 11) is 2.32. The van der Waals surface area contributed by atoms with Crippen molar-refractivity contribution in [1.29, 1.82) is 0 Å². The van der Waals surface area contributed by atoms with Crippen molar-refractivity contribution in [1.82, 2.24) is 14.4 Å². The molecule has 11 heteroatoms. The number of barbiturate groups is 1. The number of hydrogen-bond donors (Lipinski definition) is 0. The molecule has 3 aromatic rings. The maximum absolute atomic E-state index is 14.4. The lowest BCUT2D eigenvalue weighted by molar-refractivity contribution is -0.621. The topological polar surface area (TPSA) is 89.6 Å². The fraction of sp³-hybridized carbons (Fsp3) is 0.280. The summed E-state index contributed by atoms with van der Waals surface area (Å²) in [6, 6.07) is 9.42. The Morgan fingerprint density at radius 3 is 2.00 bits per heavy atom. The fourth-order valence-electron chi connectivity index (χ4n) is 4.52. The lowest BCUT2D eigenvalue weighted by Gasteiger charge is -2.36. The SMILES string of the molecule is Cc1c(C)[n+]([O-])c(C(c2cc(F)c(F)c(F)c2)C2C(=O)N(C)C(=O)N(C)C2=O)n1Cc1ccccc1. The van der Waals surface area contributed by atoms with Gasteiger partial charge in [0.2, 0.25) is 11.8 Å². The van der Waals surface area contributed by atoms with Gasteiger partial charge in [-0.25, -0.2) is 27.3 Å². The zero-order chi connectivity index (χ0) is 26.5. The quantitative estimate of drug-likeness (QED) is 0.233. The van der Waals surface area contributed by atoms with Crippen LogP contribution in [0.2, 0.25) is 0 Å². The van der Waals surface area contributed by atoms with Crippen molar-refractivity contribution >= 4 is 17.8 Å². The largest absolute Gasteiger partial charge is 0.711 e. The molecule has 0 saturated carbocycles. The minimum atomic E-state index is -1.73. The average Bonchev–Trinajstić information content (AvgIpc) is 3.06. The maximum Gasteiger partial charge on any atom is 0.332 e. The summed E-state index contributed by atoms with van der Waals surface area (Å²) in [6.07, 6.45) is 0. The van der Waals surface area contributed by atoms with Gasteiger partial charge in [0.15, 0.2) is 17.5 Å². The fourth-order valence-corrected chi connectivity index (χ4v) is 4.52. The average molecular weight is 500 g/mol. The highest BCUT2D eigenvalue weighted by Crippen LogP contribution is 2.37. The summed E-state index contributed by atoms with van der Waals surface area (Å²) >= 11 is 0. The Balaban J connectivity index is 2.02. The summed E-state index contributed by atoms with van der Waals surface area (Å²) in [5, 5.41) is 13.5. The molecule has 0 radical (unpaired) electrons. The molecular formula is C25H23F3N4O4. The number of rotatable bonds is 5. The smallest absolute Gasteiger partial charge is 0.332 e. The molecule has 8 nitrogen and oxygen atoms in total. The van der Waals surface area contributed by atoms with Crippen LogP contribution in [-0.4, -0.2) is 46.3 Å². The predicted octanol–water partition coefficient (Wildman–Crippen LogP) is 3.00. The van der Waals surface area contributed by atoms with E-state index >= 15 is 0 Å². The third kappa shape index (κ3) is 3.90. The molecule has 1 aliphatic heterocycles. The van der Waals surface area contributed by atoms with Gasteiger partial charge in [-0.2, -0.15) is 0 Å². The van der Waals surface area contributed by atoms with Crippen LogP contribution in [0.4, 0.5) is 18.0 Å². The minimum Gasteiger partial charge on any atom is -0.711 e. The molecule has 1 atom stereocenters. The van der Waals surface area contributed by atoms with Gasteiger partial charge in [-0.05, 0) is 23.3 Å². The Kier molecular flexibility index (Phi) is 6.33. The first-order valence-electron chi connectivity index (χ1n) is 11.0. The van der Waals surface area contributed by atoms with Crippen LogP contribution in [0.5, 0.6) is 0 Å². The van der Waals surface area contributed by atoms with Gasteiger partial charge >= 0.3 is 6.03 Å². The van der Waals surface area contributed by atoms with Gasteiger partial charge in [-0.1, -0.05) is 30.3 Å².